The Morgan fingerprint density at radius 3 is 2.94 bits per heavy atom. The van der Waals surface area contributed by atoms with Gasteiger partial charge in [0.1, 0.15) is 5.82 Å². The zero-order valence-corrected chi connectivity index (χ0v) is 10.9. The van der Waals surface area contributed by atoms with Crippen molar-refractivity contribution in [2.24, 2.45) is 5.73 Å². The van der Waals surface area contributed by atoms with Crippen LogP contribution >= 0.6 is 15.9 Å². The molecule has 17 heavy (non-hydrogen) atoms. The van der Waals surface area contributed by atoms with Crippen LogP contribution in [0.15, 0.2) is 22.7 Å². The lowest BCUT2D eigenvalue weighted by molar-refractivity contribution is -0.129. The summed E-state index contributed by atoms with van der Waals surface area (Å²) < 4.78 is 13.4. The first kappa shape index (κ1) is 12.5. The molecule has 0 aliphatic carbocycles. The third kappa shape index (κ3) is 3.04. The van der Waals surface area contributed by atoms with Gasteiger partial charge in [-0.3, -0.25) is 4.79 Å². The molecule has 1 aromatic carbocycles. The molecule has 3 nitrogen and oxygen atoms in total. The van der Waals surface area contributed by atoms with E-state index in [0.29, 0.717) is 17.4 Å². The van der Waals surface area contributed by atoms with Gasteiger partial charge in [-0.05, 0) is 40.0 Å². The lowest BCUT2D eigenvalue weighted by Crippen LogP contribution is -2.32. The van der Waals surface area contributed by atoms with E-state index in [0.717, 1.165) is 18.5 Å². The Kier molecular flexibility index (Phi) is 3.79. The molecule has 5 heteroatoms. The lowest BCUT2D eigenvalue weighted by atomic mass is 10.1. The number of rotatable bonds is 2. The second-order valence-corrected chi connectivity index (χ2v) is 5.17. The van der Waals surface area contributed by atoms with E-state index in [4.69, 9.17) is 5.73 Å². The summed E-state index contributed by atoms with van der Waals surface area (Å²) in [4.78, 5) is 13.7. The van der Waals surface area contributed by atoms with Crippen molar-refractivity contribution >= 4 is 21.8 Å². The summed E-state index contributed by atoms with van der Waals surface area (Å²) in [7, 11) is 0. The summed E-state index contributed by atoms with van der Waals surface area (Å²) in [5.74, 6) is -0.263. The molecule has 0 unspecified atom stereocenters. The molecule has 1 aliphatic rings. The van der Waals surface area contributed by atoms with Crippen LogP contribution in [0.2, 0.25) is 0 Å². The Labute approximate surface area is 108 Å². The first-order chi connectivity index (χ1) is 8.06. The molecule has 2 N–H and O–H groups in total. The molecule has 1 fully saturated rings. The SMILES string of the molecule is N[C@H]1CCN(C(=O)Cc2ccc(F)c(Br)c2)C1. The number of nitrogens with zero attached hydrogens (tertiary/aromatic N) is 1. The van der Waals surface area contributed by atoms with E-state index in [2.05, 4.69) is 15.9 Å². The van der Waals surface area contributed by atoms with Crippen LogP contribution < -0.4 is 5.73 Å². The van der Waals surface area contributed by atoms with Crippen molar-refractivity contribution in [1.82, 2.24) is 4.90 Å². The number of likely N-dealkylation sites (tertiary alicyclic amines) is 1. The lowest BCUT2D eigenvalue weighted by Gasteiger charge is -2.15. The van der Waals surface area contributed by atoms with Gasteiger partial charge in [-0.1, -0.05) is 6.07 Å². The predicted molar refractivity (Wildman–Crippen MR) is 67.0 cm³/mol. The van der Waals surface area contributed by atoms with Crippen LogP contribution in [0.5, 0.6) is 0 Å². The fourth-order valence-electron chi connectivity index (χ4n) is 1.95. The molecule has 1 atom stereocenters. The highest BCUT2D eigenvalue weighted by atomic mass is 79.9. The third-order valence-electron chi connectivity index (χ3n) is 2.92. The summed E-state index contributed by atoms with van der Waals surface area (Å²) in [5, 5.41) is 0. The second kappa shape index (κ2) is 5.14. The van der Waals surface area contributed by atoms with Gasteiger partial charge in [-0.25, -0.2) is 4.39 Å². The second-order valence-electron chi connectivity index (χ2n) is 4.31. The van der Waals surface area contributed by atoms with Gasteiger partial charge in [-0.2, -0.15) is 0 Å². The molecular weight excluding hydrogens is 287 g/mol. The van der Waals surface area contributed by atoms with Crippen LogP contribution in [-0.2, 0) is 11.2 Å². The molecule has 0 bridgehead atoms. The maximum absolute atomic E-state index is 13.0. The highest BCUT2D eigenvalue weighted by molar-refractivity contribution is 9.10. The van der Waals surface area contributed by atoms with E-state index in [1.807, 2.05) is 0 Å². The van der Waals surface area contributed by atoms with Crippen molar-refractivity contribution < 1.29 is 9.18 Å². The van der Waals surface area contributed by atoms with E-state index in [-0.39, 0.29) is 17.8 Å². The summed E-state index contributed by atoms with van der Waals surface area (Å²) in [6, 6.07) is 4.73. The summed E-state index contributed by atoms with van der Waals surface area (Å²) in [5.41, 5.74) is 6.56. The van der Waals surface area contributed by atoms with Gasteiger partial charge in [-0.15, -0.1) is 0 Å². The summed E-state index contributed by atoms with van der Waals surface area (Å²) in [6.07, 6.45) is 1.16. The van der Waals surface area contributed by atoms with Gasteiger partial charge in [0.2, 0.25) is 5.91 Å². The molecule has 0 spiro atoms. The van der Waals surface area contributed by atoms with Crippen molar-refractivity contribution in [2.45, 2.75) is 18.9 Å². The normalized spacial score (nSPS) is 19.7. The Morgan fingerprint density at radius 1 is 1.59 bits per heavy atom. The van der Waals surface area contributed by atoms with Crippen molar-refractivity contribution in [3.63, 3.8) is 0 Å². The number of nitrogens with two attached hydrogens (primary N) is 1. The minimum atomic E-state index is -0.315. The van der Waals surface area contributed by atoms with Gasteiger partial charge < -0.3 is 10.6 Å². The third-order valence-corrected chi connectivity index (χ3v) is 3.52. The molecule has 0 aromatic heterocycles. The number of halogens is 2. The first-order valence-electron chi connectivity index (χ1n) is 5.53. The molecule has 2 rings (SSSR count). The molecule has 1 saturated heterocycles. The monoisotopic (exact) mass is 300 g/mol. The van der Waals surface area contributed by atoms with Crippen molar-refractivity contribution in [2.75, 3.05) is 13.1 Å². The van der Waals surface area contributed by atoms with E-state index >= 15 is 0 Å². The quantitative estimate of drug-likeness (QED) is 0.903. The maximum Gasteiger partial charge on any atom is 0.227 e. The molecule has 1 amide bonds. The zero-order chi connectivity index (χ0) is 12.4. The predicted octanol–water partition coefficient (Wildman–Crippen LogP) is 1.69. The van der Waals surface area contributed by atoms with Gasteiger partial charge in [0.25, 0.3) is 0 Å². The van der Waals surface area contributed by atoms with E-state index in [9.17, 15) is 9.18 Å². The van der Waals surface area contributed by atoms with Crippen LogP contribution in [0.3, 0.4) is 0 Å². The molecule has 92 valence electrons. The molecular formula is C12H14BrFN2O. The molecule has 1 heterocycles. The zero-order valence-electron chi connectivity index (χ0n) is 9.33. The summed E-state index contributed by atoms with van der Waals surface area (Å²) >= 11 is 3.11. The number of hydrogen-bond donors (Lipinski definition) is 1. The van der Waals surface area contributed by atoms with Crippen molar-refractivity contribution in [3.05, 3.63) is 34.1 Å². The number of benzene rings is 1. The van der Waals surface area contributed by atoms with E-state index < -0.39 is 0 Å². The van der Waals surface area contributed by atoms with Crippen LogP contribution in [0.1, 0.15) is 12.0 Å². The average Bonchev–Trinajstić information content (AvgIpc) is 2.70. The molecule has 1 aromatic rings. The van der Waals surface area contributed by atoms with Gasteiger partial charge in [0.15, 0.2) is 0 Å². The number of carbonyl (C=O) groups excluding carboxylic acids is 1. The van der Waals surface area contributed by atoms with E-state index in [1.54, 1.807) is 17.0 Å². The average molecular weight is 301 g/mol. The summed E-state index contributed by atoms with van der Waals surface area (Å²) in [6.45, 7) is 1.35. The van der Waals surface area contributed by atoms with Crippen molar-refractivity contribution in [1.29, 1.82) is 0 Å². The maximum atomic E-state index is 13.0. The number of hydrogen-bond acceptors (Lipinski definition) is 2. The van der Waals surface area contributed by atoms with Gasteiger partial charge in [0.05, 0.1) is 10.9 Å². The van der Waals surface area contributed by atoms with Crippen LogP contribution in [0.4, 0.5) is 4.39 Å². The molecule has 0 saturated carbocycles. The fourth-order valence-corrected chi connectivity index (χ4v) is 2.38. The molecule has 0 radical (unpaired) electrons. The van der Waals surface area contributed by atoms with Gasteiger partial charge >= 0.3 is 0 Å². The number of carbonyl (C=O) groups is 1. The first-order valence-corrected chi connectivity index (χ1v) is 6.33. The van der Waals surface area contributed by atoms with Gasteiger partial charge in [0, 0.05) is 19.1 Å². The highest BCUT2D eigenvalue weighted by Crippen LogP contribution is 2.18. The number of amides is 1. The highest BCUT2D eigenvalue weighted by Gasteiger charge is 2.23. The topological polar surface area (TPSA) is 46.3 Å². The van der Waals surface area contributed by atoms with Crippen LogP contribution in [-0.4, -0.2) is 29.9 Å². The van der Waals surface area contributed by atoms with Crippen LogP contribution in [0, 0.1) is 5.82 Å². The Bertz CT molecular complexity index is 439. The minimum Gasteiger partial charge on any atom is -0.341 e. The smallest absolute Gasteiger partial charge is 0.227 e. The van der Waals surface area contributed by atoms with E-state index in [1.165, 1.54) is 6.07 Å². The standard InChI is InChI=1S/C12H14BrFN2O/c13-10-5-8(1-2-11(10)14)6-12(17)16-4-3-9(15)7-16/h1-2,5,9H,3-4,6-7,15H2/t9-/m0/s1. The fraction of sp³-hybridized carbons (Fsp3) is 0.417. The van der Waals surface area contributed by atoms with Crippen LogP contribution in [0.25, 0.3) is 0 Å². The largest absolute Gasteiger partial charge is 0.341 e. The Morgan fingerprint density at radius 2 is 2.35 bits per heavy atom. The van der Waals surface area contributed by atoms with Crippen molar-refractivity contribution in [3.8, 4) is 0 Å². The Hall–Kier alpha value is -0.940. The molecule has 1 aliphatic heterocycles. The minimum absolute atomic E-state index is 0.0523. The Balaban J connectivity index is 2.00.